The summed E-state index contributed by atoms with van der Waals surface area (Å²) < 4.78 is 76.1. The molecule has 0 heterocycles. The first-order valence-electron chi connectivity index (χ1n) is 9.24. The van der Waals surface area contributed by atoms with E-state index in [1.165, 1.54) is 12.1 Å². The molecule has 31 heavy (non-hydrogen) atoms. The molecule has 0 fully saturated rings. The zero-order valence-corrected chi connectivity index (χ0v) is 17.0. The largest absolute Gasteiger partial charge is 0.482 e. The topological polar surface area (TPSA) is 61.8 Å². The second kappa shape index (κ2) is 9.07. The van der Waals surface area contributed by atoms with Gasteiger partial charge in [-0.2, -0.15) is 22.0 Å². The first-order valence-corrected chi connectivity index (χ1v) is 9.24. The van der Waals surface area contributed by atoms with Crippen LogP contribution in [0.1, 0.15) is 27.2 Å². The third-order valence-corrected chi connectivity index (χ3v) is 4.62. The van der Waals surface area contributed by atoms with Gasteiger partial charge in [-0.15, -0.1) is 0 Å². The van der Waals surface area contributed by atoms with Gasteiger partial charge in [-0.1, -0.05) is 19.1 Å². The molecule has 0 atom stereocenters. The minimum atomic E-state index is -5.81. The Balaban J connectivity index is 1.98. The number of rotatable bonds is 8. The molecule has 2 aromatic carbocycles. The van der Waals surface area contributed by atoms with Crippen LogP contribution in [0.3, 0.4) is 0 Å². The Morgan fingerprint density at radius 2 is 1.45 bits per heavy atom. The number of ether oxygens (including phenoxy) is 3. The third kappa shape index (κ3) is 6.28. The van der Waals surface area contributed by atoms with Crippen LogP contribution in [0.4, 0.5) is 22.0 Å². The lowest BCUT2D eigenvalue weighted by molar-refractivity contribution is -0.294. The summed E-state index contributed by atoms with van der Waals surface area (Å²) in [5, 5.41) is 1.35. The van der Waals surface area contributed by atoms with Crippen molar-refractivity contribution in [2.75, 3.05) is 13.2 Å². The monoisotopic (exact) mass is 448 g/mol. The fraction of sp³-hybridized carbons (Fsp3) is 0.429. The van der Waals surface area contributed by atoms with Crippen molar-refractivity contribution < 1.29 is 45.8 Å². The quantitative estimate of drug-likeness (QED) is 0.312. The smallest absolute Gasteiger partial charge is 0.456 e. The molecule has 10 heteroatoms. The highest BCUT2D eigenvalue weighted by atomic mass is 19.4. The minimum Gasteiger partial charge on any atom is -0.482 e. The number of hydrogen-bond acceptors (Lipinski definition) is 5. The normalized spacial score (nSPS) is 12.5. The van der Waals surface area contributed by atoms with Gasteiger partial charge < -0.3 is 14.2 Å². The van der Waals surface area contributed by atoms with Crippen molar-refractivity contribution in [3.63, 3.8) is 0 Å². The number of carbonyl (C=O) groups is 2. The number of alkyl halides is 5. The number of esters is 2. The highest BCUT2D eigenvalue weighted by Crippen LogP contribution is 2.35. The van der Waals surface area contributed by atoms with Crippen LogP contribution >= 0.6 is 0 Å². The molecule has 0 saturated carbocycles. The lowest BCUT2D eigenvalue weighted by Gasteiger charge is -2.20. The summed E-state index contributed by atoms with van der Waals surface area (Å²) in [6.07, 6.45) is -5.21. The average molecular weight is 448 g/mol. The standard InChI is InChI=1S/C21H21F5O5/c1-4-19(2,3)18(28)31-16-8-6-13-9-15(7-5-14(13)10-16)29-11-17(27)30-12-20(22,23)21(24,25)26/h5-10H,4,11-12H2,1-3H3. The van der Waals surface area contributed by atoms with Crippen molar-refractivity contribution >= 4 is 22.7 Å². The highest BCUT2D eigenvalue weighted by Gasteiger charge is 2.58. The maximum absolute atomic E-state index is 12.8. The summed E-state index contributed by atoms with van der Waals surface area (Å²) in [6, 6.07) is 9.44. The van der Waals surface area contributed by atoms with Crippen molar-refractivity contribution in [1.82, 2.24) is 0 Å². The molecule has 0 N–H and O–H groups in total. The van der Waals surface area contributed by atoms with E-state index in [4.69, 9.17) is 9.47 Å². The van der Waals surface area contributed by atoms with E-state index in [1.807, 2.05) is 6.92 Å². The first-order chi connectivity index (χ1) is 14.2. The molecule has 0 aromatic heterocycles. The zero-order valence-electron chi connectivity index (χ0n) is 17.0. The first kappa shape index (κ1) is 24.4. The molecule has 2 aromatic rings. The van der Waals surface area contributed by atoms with Crippen LogP contribution in [-0.2, 0) is 14.3 Å². The lowest BCUT2D eigenvalue weighted by Crippen LogP contribution is -2.41. The Bertz CT molecular complexity index is 953. The van der Waals surface area contributed by atoms with Gasteiger partial charge in [0.25, 0.3) is 0 Å². The molecule has 0 spiro atoms. The van der Waals surface area contributed by atoms with Crippen LogP contribution in [0.2, 0.25) is 0 Å². The molecule has 0 unspecified atom stereocenters. The van der Waals surface area contributed by atoms with E-state index in [0.717, 1.165) is 0 Å². The highest BCUT2D eigenvalue weighted by molar-refractivity contribution is 5.86. The van der Waals surface area contributed by atoms with E-state index in [9.17, 15) is 31.5 Å². The van der Waals surface area contributed by atoms with E-state index in [0.29, 0.717) is 22.9 Å². The van der Waals surface area contributed by atoms with Crippen LogP contribution < -0.4 is 9.47 Å². The molecule has 0 aliphatic rings. The Hall–Kier alpha value is -2.91. The molecule has 170 valence electrons. The van der Waals surface area contributed by atoms with E-state index in [2.05, 4.69) is 4.74 Å². The predicted molar refractivity (Wildman–Crippen MR) is 101 cm³/mol. The molecule has 0 bridgehead atoms. The van der Waals surface area contributed by atoms with Crippen LogP contribution in [0.15, 0.2) is 36.4 Å². The molecule has 0 aliphatic heterocycles. The van der Waals surface area contributed by atoms with Crippen molar-refractivity contribution in [1.29, 1.82) is 0 Å². The summed E-state index contributed by atoms with van der Waals surface area (Å²) in [4.78, 5) is 23.6. The number of fused-ring (bicyclic) bond motifs is 1. The van der Waals surface area contributed by atoms with Crippen molar-refractivity contribution in [3.8, 4) is 11.5 Å². The summed E-state index contributed by atoms with van der Waals surface area (Å²) in [7, 11) is 0. The van der Waals surface area contributed by atoms with Gasteiger partial charge in [0.05, 0.1) is 5.41 Å². The summed E-state index contributed by atoms with van der Waals surface area (Å²) in [5.74, 6) is -6.36. The van der Waals surface area contributed by atoms with Crippen molar-refractivity contribution in [2.45, 2.75) is 39.3 Å². The molecule has 5 nitrogen and oxygen atoms in total. The van der Waals surface area contributed by atoms with E-state index in [1.54, 1.807) is 38.1 Å². The molecule has 0 aliphatic carbocycles. The van der Waals surface area contributed by atoms with Crippen LogP contribution in [-0.4, -0.2) is 37.3 Å². The molecular formula is C21H21F5O5. The Kier molecular flexibility index (Phi) is 7.13. The van der Waals surface area contributed by atoms with Gasteiger partial charge in [0.1, 0.15) is 11.5 Å². The summed E-state index contributed by atoms with van der Waals surface area (Å²) in [6.45, 7) is 2.46. The number of carbonyl (C=O) groups excluding carboxylic acids is 2. The van der Waals surface area contributed by atoms with Crippen LogP contribution in [0.25, 0.3) is 10.8 Å². The van der Waals surface area contributed by atoms with Gasteiger partial charge in [0.2, 0.25) is 0 Å². The van der Waals surface area contributed by atoms with Gasteiger partial charge in [-0.25, -0.2) is 4.79 Å². The molecule has 0 amide bonds. The second-order valence-electron chi connectivity index (χ2n) is 7.45. The van der Waals surface area contributed by atoms with Gasteiger partial charge in [0.15, 0.2) is 13.2 Å². The van der Waals surface area contributed by atoms with Gasteiger partial charge in [-0.3, -0.25) is 4.79 Å². The number of benzene rings is 2. The maximum atomic E-state index is 12.8. The molecule has 2 rings (SSSR count). The Morgan fingerprint density at radius 3 is 2.00 bits per heavy atom. The Labute approximate surface area is 175 Å². The molecular weight excluding hydrogens is 427 g/mol. The third-order valence-electron chi connectivity index (χ3n) is 4.62. The maximum Gasteiger partial charge on any atom is 0.456 e. The number of hydrogen-bond donors (Lipinski definition) is 0. The van der Waals surface area contributed by atoms with Crippen molar-refractivity contribution in [2.24, 2.45) is 5.41 Å². The Morgan fingerprint density at radius 1 is 0.903 bits per heavy atom. The van der Waals surface area contributed by atoms with E-state index < -0.39 is 36.7 Å². The fourth-order valence-electron chi connectivity index (χ4n) is 2.18. The fourth-order valence-corrected chi connectivity index (χ4v) is 2.18. The van der Waals surface area contributed by atoms with E-state index in [-0.39, 0.29) is 11.7 Å². The molecule has 0 saturated heterocycles. The van der Waals surface area contributed by atoms with Crippen molar-refractivity contribution in [3.05, 3.63) is 36.4 Å². The van der Waals surface area contributed by atoms with Gasteiger partial charge in [-0.05, 0) is 55.3 Å². The number of halogens is 5. The molecule has 0 radical (unpaired) electrons. The average Bonchev–Trinajstić information content (AvgIpc) is 2.69. The van der Waals surface area contributed by atoms with E-state index >= 15 is 0 Å². The summed E-state index contributed by atoms with van der Waals surface area (Å²) >= 11 is 0. The summed E-state index contributed by atoms with van der Waals surface area (Å²) in [5.41, 5.74) is -0.634. The second-order valence-corrected chi connectivity index (χ2v) is 7.45. The predicted octanol–water partition coefficient (Wildman–Crippen LogP) is 5.30. The lowest BCUT2D eigenvalue weighted by atomic mass is 9.91. The van der Waals surface area contributed by atoms with Crippen LogP contribution in [0.5, 0.6) is 11.5 Å². The SMILES string of the molecule is CCC(C)(C)C(=O)Oc1ccc2cc(OCC(=O)OCC(F)(F)C(F)(F)F)ccc2c1. The zero-order chi connectivity index (χ0) is 23.4. The van der Waals surface area contributed by atoms with Crippen LogP contribution in [0, 0.1) is 5.41 Å². The van der Waals surface area contributed by atoms with Gasteiger partial charge in [0, 0.05) is 0 Å². The van der Waals surface area contributed by atoms with Gasteiger partial charge >= 0.3 is 24.0 Å². The minimum absolute atomic E-state index is 0.170.